The number of ether oxygens (including phenoxy) is 1. The second kappa shape index (κ2) is 9.71. The Hall–Kier alpha value is -2.93. The van der Waals surface area contributed by atoms with E-state index in [1.807, 2.05) is 32.0 Å². The summed E-state index contributed by atoms with van der Waals surface area (Å²) in [5, 5.41) is 4.23. The highest BCUT2D eigenvalue weighted by molar-refractivity contribution is 5.65. The van der Waals surface area contributed by atoms with E-state index in [4.69, 9.17) is 15.0 Å². The summed E-state index contributed by atoms with van der Waals surface area (Å²) in [5.74, 6) is 2.86. The van der Waals surface area contributed by atoms with Gasteiger partial charge < -0.3 is 19.9 Å². The van der Waals surface area contributed by atoms with E-state index in [1.54, 1.807) is 0 Å². The second-order valence-corrected chi connectivity index (χ2v) is 7.22. The molecule has 160 valence electrons. The lowest BCUT2D eigenvalue weighted by Gasteiger charge is -2.20. The van der Waals surface area contributed by atoms with Gasteiger partial charge in [0.15, 0.2) is 0 Å². The van der Waals surface area contributed by atoms with Crippen LogP contribution < -0.4 is 15.4 Å². The molecule has 0 aliphatic rings. The molecule has 2 N–H and O–H groups in total. The Morgan fingerprint density at radius 1 is 1.00 bits per heavy atom. The van der Waals surface area contributed by atoms with Crippen LogP contribution in [0.25, 0.3) is 22.8 Å². The Morgan fingerprint density at radius 2 is 1.77 bits per heavy atom. The van der Waals surface area contributed by atoms with Crippen molar-refractivity contribution in [3.63, 3.8) is 0 Å². The van der Waals surface area contributed by atoms with E-state index in [9.17, 15) is 0 Å². The van der Waals surface area contributed by atoms with Gasteiger partial charge in [0.05, 0.1) is 0 Å². The average Bonchev–Trinajstić information content (AvgIpc) is 3.23. The van der Waals surface area contributed by atoms with Crippen LogP contribution in [0.5, 0.6) is 5.75 Å². The summed E-state index contributed by atoms with van der Waals surface area (Å²) in [4.78, 5) is 11.5. The monoisotopic (exact) mass is 409 g/mol. The molecule has 3 aromatic rings. The van der Waals surface area contributed by atoms with Crippen molar-refractivity contribution in [2.45, 2.75) is 41.0 Å². The number of anilines is 1. The van der Waals surface area contributed by atoms with Gasteiger partial charge in [0, 0.05) is 36.5 Å². The summed E-state index contributed by atoms with van der Waals surface area (Å²) in [6.45, 7) is 13.1. The quantitative estimate of drug-likeness (QED) is 0.567. The molecule has 2 heterocycles. The maximum atomic E-state index is 5.84. The van der Waals surface area contributed by atoms with Gasteiger partial charge >= 0.3 is 0 Å². The third-order valence-electron chi connectivity index (χ3n) is 5.06. The van der Waals surface area contributed by atoms with Crippen molar-refractivity contribution in [3.05, 3.63) is 41.1 Å². The Morgan fingerprint density at radius 3 is 2.43 bits per heavy atom. The predicted octanol–water partition coefficient (Wildman–Crippen LogP) is 4.16. The van der Waals surface area contributed by atoms with Crippen LogP contribution in [0.1, 0.15) is 37.6 Å². The maximum Gasteiger partial charge on any atom is 0.258 e. The minimum absolute atomic E-state index is 0.485. The van der Waals surface area contributed by atoms with Gasteiger partial charge in [0.2, 0.25) is 5.82 Å². The lowest BCUT2D eigenvalue weighted by Crippen LogP contribution is -2.23. The number of benzene rings is 1. The number of aromatic nitrogens is 3. The zero-order chi connectivity index (χ0) is 21.7. The Labute approximate surface area is 178 Å². The summed E-state index contributed by atoms with van der Waals surface area (Å²) in [6.07, 6.45) is 0.843. The molecule has 0 aliphatic carbocycles. The van der Waals surface area contributed by atoms with Crippen molar-refractivity contribution in [2.75, 3.05) is 31.1 Å². The molecule has 0 spiro atoms. The lowest BCUT2D eigenvalue weighted by atomic mass is 10.0. The number of nitrogens with zero attached hydrogens (tertiary/aromatic N) is 4. The third-order valence-corrected chi connectivity index (χ3v) is 5.06. The Kier molecular flexibility index (Phi) is 7.05. The normalized spacial score (nSPS) is 11.0. The molecule has 2 aromatic heterocycles. The van der Waals surface area contributed by atoms with E-state index in [0.29, 0.717) is 24.9 Å². The number of rotatable bonds is 9. The zero-order valence-electron chi connectivity index (χ0n) is 18.5. The fraction of sp³-hybridized carbons (Fsp3) is 0.435. The van der Waals surface area contributed by atoms with Crippen LogP contribution in [0.4, 0.5) is 5.82 Å². The third kappa shape index (κ3) is 4.62. The van der Waals surface area contributed by atoms with E-state index in [2.05, 4.69) is 46.9 Å². The second-order valence-electron chi connectivity index (χ2n) is 7.22. The van der Waals surface area contributed by atoms with Crippen LogP contribution in [-0.2, 0) is 6.42 Å². The number of pyridine rings is 1. The first-order chi connectivity index (χ1) is 14.5. The highest BCUT2D eigenvalue weighted by Crippen LogP contribution is 2.31. The molecule has 0 aliphatic heterocycles. The molecule has 0 radical (unpaired) electrons. The molecule has 0 bridgehead atoms. The van der Waals surface area contributed by atoms with Crippen molar-refractivity contribution < 1.29 is 9.26 Å². The smallest absolute Gasteiger partial charge is 0.258 e. The maximum absolute atomic E-state index is 5.84. The number of hydrogen-bond donors (Lipinski definition) is 1. The molecule has 7 nitrogen and oxygen atoms in total. The Balaban J connectivity index is 1.96. The minimum atomic E-state index is 0.485. The fourth-order valence-corrected chi connectivity index (χ4v) is 3.55. The van der Waals surface area contributed by atoms with Gasteiger partial charge in [-0.3, -0.25) is 0 Å². The zero-order valence-corrected chi connectivity index (χ0v) is 18.5. The molecule has 7 heteroatoms. The standard InChI is InChI=1S/C23H31N5O2/c1-6-17-13-18(11-15(4)21(17)29-10-9-24)22-26-23(30-27-22)19-12-16(5)25-20(14-19)28(7-2)8-3/h11-14H,6-10,24H2,1-5H3. The fourth-order valence-electron chi connectivity index (χ4n) is 3.55. The van der Waals surface area contributed by atoms with Gasteiger partial charge in [-0.1, -0.05) is 12.1 Å². The van der Waals surface area contributed by atoms with Gasteiger partial charge in [-0.2, -0.15) is 4.98 Å². The summed E-state index contributed by atoms with van der Waals surface area (Å²) in [7, 11) is 0. The van der Waals surface area contributed by atoms with Gasteiger partial charge in [0.25, 0.3) is 5.89 Å². The average molecular weight is 410 g/mol. The van der Waals surface area contributed by atoms with Crippen molar-refractivity contribution in [1.29, 1.82) is 0 Å². The summed E-state index contributed by atoms with van der Waals surface area (Å²) >= 11 is 0. The summed E-state index contributed by atoms with van der Waals surface area (Å²) in [6, 6.07) is 8.06. The van der Waals surface area contributed by atoms with Gasteiger partial charge in [-0.15, -0.1) is 0 Å². The SMILES string of the molecule is CCc1cc(-c2noc(-c3cc(C)nc(N(CC)CC)c3)n2)cc(C)c1OCCN. The summed E-state index contributed by atoms with van der Waals surface area (Å²) in [5.41, 5.74) is 10.4. The van der Waals surface area contributed by atoms with Crippen LogP contribution in [0.15, 0.2) is 28.8 Å². The molecule has 0 atom stereocenters. The largest absolute Gasteiger partial charge is 0.492 e. The first-order valence-electron chi connectivity index (χ1n) is 10.5. The Bertz CT molecular complexity index is 995. The number of aryl methyl sites for hydroxylation is 3. The molecule has 3 rings (SSSR count). The van der Waals surface area contributed by atoms with Crippen LogP contribution in [0, 0.1) is 13.8 Å². The van der Waals surface area contributed by atoms with E-state index >= 15 is 0 Å². The molecule has 0 unspecified atom stereocenters. The van der Waals surface area contributed by atoms with Gasteiger partial charge in [-0.05, 0) is 69.5 Å². The molecule has 30 heavy (non-hydrogen) atoms. The minimum Gasteiger partial charge on any atom is -0.492 e. The van der Waals surface area contributed by atoms with Gasteiger partial charge in [-0.25, -0.2) is 4.98 Å². The molecule has 1 aromatic carbocycles. The number of hydrogen-bond acceptors (Lipinski definition) is 7. The molecular formula is C23H31N5O2. The first kappa shape index (κ1) is 21.8. The van der Waals surface area contributed by atoms with E-state index in [0.717, 1.165) is 59.0 Å². The van der Waals surface area contributed by atoms with Crippen LogP contribution >= 0.6 is 0 Å². The molecular weight excluding hydrogens is 378 g/mol. The highest BCUT2D eigenvalue weighted by atomic mass is 16.5. The van der Waals surface area contributed by atoms with Crippen molar-refractivity contribution in [3.8, 4) is 28.6 Å². The van der Waals surface area contributed by atoms with Gasteiger partial charge in [0.1, 0.15) is 18.2 Å². The van der Waals surface area contributed by atoms with Crippen molar-refractivity contribution in [1.82, 2.24) is 15.1 Å². The topological polar surface area (TPSA) is 90.3 Å². The predicted molar refractivity (Wildman–Crippen MR) is 120 cm³/mol. The van der Waals surface area contributed by atoms with Crippen LogP contribution in [-0.4, -0.2) is 41.4 Å². The van der Waals surface area contributed by atoms with Crippen molar-refractivity contribution in [2.24, 2.45) is 5.73 Å². The van der Waals surface area contributed by atoms with Crippen molar-refractivity contribution >= 4 is 5.82 Å². The first-order valence-corrected chi connectivity index (χ1v) is 10.5. The summed E-state index contributed by atoms with van der Waals surface area (Å²) < 4.78 is 11.5. The van der Waals surface area contributed by atoms with E-state index < -0.39 is 0 Å². The molecule has 0 saturated heterocycles. The lowest BCUT2D eigenvalue weighted by molar-refractivity contribution is 0.323. The number of nitrogens with two attached hydrogens (primary N) is 1. The van der Waals surface area contributed by atoms with E-state index in [-0.39, 0.29) is 0 Å². The molecule has 0 fully saturated rings. The van der Waals surface area contributed by atoms with E-state index in [1.165, 1.54) is 0 Å². The molecule has 0 amide bonds. The highest BCUT2D eigenvalue weighted by Gasteiger charge is 2.16. The molecule has 0 saturated carbocycles. The van der Waals surface area contributed by atoms with Crippen LogP contribution in [0.2, 0.25) is 0 Å². The van der Waals surface area contributed by atoms with Crippen LogP contribution in [0.3, 0.4) is 0 Å².